The van der Waals surface area contributed by atoms with E-state index in [1.807, 2.05) is 37.5 Å². The highest BCUT2D eigenvalue weighted by atomic mass is 19.4. The van der Waals surface area contributed by atoms with Crippen LogP contribution in [-0.4, -0.2) is 42.2 Å². The predicted molar refractivity (Wildman–Crippen MR) is 129 cm³/mol. The Labute approximate surface area is 205 Å². The maximum absolute atomic E-state index is 10.6. The van der Waals surface area contributed by atoms with Crippen molar-refractivity contribution in [3.05, 3.63) is 83.8 Å². The molecule has 0 fully saturated rings. The van der Waals surface area contributed by atoms with Gasteiger partial charge < -0.3 is 10.4 Å². The molecule has 0 aliphatic carbocycles. The Bertz CT molecular complexity index is 1290. The average molecular weight is 499 g/mol. The number of carbonyl (C=O) groups is 1. The second-order valence-electron chi connectivity index (χ2n) is 8.14. The number of halogens is 3. The molecule has 0 spiro atoms. The molecule has 2 aromatic heterocycles. The number of nitrogens with zero attached hydrogens (tertiary/aromatic N) is 5. The van der Waals surface area contributed by atoms with E-state index in [1.54, 1.807) is 10.9 Å². The van der Waals surface area contributed by atoms with Gasteiger partial charge in [0, 0.05) is 23.9 Å². The summed E-state index contributed by atoms with van der Waals surface area (Å²) in [7, 11) is 0. The van der Waals surface area contributed by atoms with Gasteiger partial charge >= 0.3 is 12.1 Å². The first-order chi connectivity index (χ1) is 17.1. The van der Waals surface area contributed by atoms with Gasteiger partial charge in [-0.25, -0.2) is 19.4 Å². The molecule has 0 radical (unpaired) electrons. The number of nitrogens with one attached hydrogen (secondary N) is 1. The quantitative estimate of drug-likeness (QED) is 0.367. The van der Waals surface area contributed by atoms with Gasteiger partial charge in [-0.05, 0) is 36.1 Å². The third kappa shape index (κ3) is 6.87. The molecule has 11 heteroatoms. The molecule has 0 bridgehead atoms. The lowest BCUT2D eigenvalue weighted by Gasteiger charge is -2.14. The first-order valence-electron chi connectivity index (χ1n) is 11.0. The molecule has 0 atom stereocenters. The highest BCUT2D eigenvalue weighted by Gasteiger charge is 2.38. The minimum atomic E-state index is -5.08. The van der Waals surface area contributed by atoms with Crippen molar-refractivity contribution in [3.63, 3.8) is 0 Å². The maximum atomic E-state index is 10.6. The monoisotopic (exact) mass is 498 g/mol. The van der Waals surface area contributed by atoms with Crippen molar-refractivity contribution < 1.29 is 23.1 Å². The number of benzene rings is 2. The second kappa shape index (κ2) is 11.4. The van der Waals surface area contributed by atoms with Crippen LogP contribution >= 0.6 is 0 Å². The van der Waals surface area contributed by atoms with Crippen molar-refractivity contribution in [3.8, 4) is 17.1 Å². The molecule has 0 aliphatic heterocycles. The summed E-state index contributed by atoms with van der Waals surface area (Å²) in [5.74, 6) is -0.735. The molecule has 0 amide bonds. The molecule has 0 saturated carbocycles. The first kappa shape index (κ1) is 26.3. The molecular formula is C25H25F3N6O2. The molecule has 188 valence electrons. The van der Waals surface area contributed by atoms with E-state index in [9.17, 15) is 13.2 Å². The number of anilines is 1. The average Bonchev–Trinajstić information content (AvgIpc) is 3.39. The van der Waals surface area contributed by atoms with Crippen LogP contribution in [0.1, 0.15) is 36.5 Å². The molecule has 36 heavy (non-hydrogen) atoms. The zero-order chi connectivity index (χ0) is 26.3. The maximum Gasteiger partial charge on any atom is 0.490 e. The van der Waals surface area contributed by atoms with E-state index >= 15 is 0 Å². The van der Waals surface area contributed by atoms with Crippen molar-refractivity contribution in [2.75, 3.05) is 5.32 Å². The third-order valence-electron chi connectivity index (χ3n) is 5.12. The van der Waals surface area contributed by atoms with Crippen LogP contribution in [0.15, 0.2) is 67.1 Å². The molecule has 2 aromatic carbocycles. The summed E-state index contributed by atoms with van der Waals surface area (Å²) in [6.45, 7) is 7.08. The number of carboxylic acids is 1. The largest absolute Gasteiger partial charge is 0.490 e. The molecule has 2 N–H and O–H groups in total. The minimum absolute atomic E-state index is 0.413. The number of aryl methyl sites for hydroxylation is 1. The zero-order valence-electron chi connectivity index (χ0n) is 19.9. The molecular weight excluding hydrogens is 473 g/mol. The van der Waals surface area contributed by atoms with E-state index in [-0.39, 0.29) is 0 Å². The number of rotatable bonds is 6. The lowest BCUT2D eigenvalue weighted by Crippen LogP contribution is -2.21. The lowest BCUT2D eigenvalue weighted by atomic mass is 9.97. The highest BCUT2D eigenvalue weighted by molar-refractivity contribution is 5.73. The number of carboxylic acid groups (broad SMARTS) is 1. The van der Waals surface area contributed by atoms with E-state index in [1.165, 1.54) is 5.56 Å². The van der Waals surface area contributed by atoms with Gasteiger partial charge in [0.05, 0.1) is 18.1 Å². The fourth-order valence-corrected chi connectivity index (χ4v) is 3.25. The molecule has 4 rings (SSSR count). The molecule has 0 saturated heterocycles. The van der Waals surface area contributed by atoms with Crippen LogP contribution in [0.5, 0.6) is 0 Å². The Morgan fingerprint density at radius 1 is 1.11 bits per heavy atom. The first-order valence-corrected chi connectivity index (χ1v) is 11.0. The van der Waals surface area contributed by atoms with Gasteiger partial charge in [0.15, 0.2) is 5.82 Å². The number of aromatic nitrogens is 5. The molecule has 2 heterocycles. The molecule has 0 unspecified atom stereocenters. The standard InChI is InChI=1S/C23H24N6.C2HF3O2/c1-16(2)20-6-4-5-7-21(20)23-24-14-17(3)22(27-23)25-15-18-8-10-19(11-9-18)29-13-12-26-28-29;3-2(4,5)1(6)7/h4-14,16H,15H2,1-3H3,(H,24,25,27);(H,6,7). The predicted octanol–water partition coefficient (Wildman–Crippen LogP) is 5.40. The normalized spacial score (nSPS) is 11.1. The van der Waals surface area contributed by atoms with Gasteiger partial charge in [-0.3, -0.25) is 0 Å². The number of hydrogen-bond acceptors (Lipinski definition) is 6. The van der Waals surface area contributed by atoms with E-state index in [0.717, 1.165) is 34.0 Å². The Morgan fingerprint density at radius 3 is 2.36 bits per heavy atom. The van der Waals surface area contributed by atoms with E-state index in [2.05, 4.69) is 64.8 Å². The minimum Gasteiger partial charge on any atom is -0.475 e. The van der Waals surface area contributed by atoms with Crippen LogP contribution < -0.4 is 5.32 Å². The SMILES string of the molecule is Cc1cnc(-c2ccccc2C(C)C)nc1NCc1ccc(-n2ccnn2)cc1.O=C(O)C(F)(F)F. The second-order valence-corrected chi connectivity index (χ2v) is 8.14. The smallest absolute Gasteiger partial charge is 0.475 e. The summed E-state index contributed by atoms with van der Waals surface area (Å²) in [6.07, 6.45) is 0.298. The van der Waals surface area contributed by atoms with Gasteiger partial charge in [0.2, 0.25) is 0 Å². The van der Waals surface area contributed by atoms with Crippen molar-refractivity contribution in [2.24, 2.45) is 0 Å². The summed E-state index contributed by atoms with van der Waals surface area (Å²) >= 11 is 0. The number of aliphatic carboxylic acids is 1. The van der Waals surface area contributed by atoms with Crippen LogP contribution in [0, 0.1) is 6.92 Å². The van der Waals surface area contributed by atoms with Crippen molar-refractivity contribution >= 4 is 11.8 Å². The number of alkyl halides is 3. The summed E-state index contributed by atoms with van der Waals surface area (Å²) < 4.78 is 33.5. The summed E-state index contributed by atoms with van der Waals surface area (Å²) in [5.41, 5.74) is 5.51. The topological polar surface area (TPSA) is 106 Å². The van der Waals surface area contributed by atoms with E-state index in [4.69, 9.17) is 14.9 Å². The van der Waals surface area contributed by atoms with E-state index < -0.39 is 12.1 Å². The van der Waals surface area contributed by atoms with Gasteiger partial charge in [-0.1, -0.05) is 55.5 Å². The lowest BCUT2D eigenvalue weighted by molar-refractivity contribution is -0.192. The molecule has 4 aromatic rings. The third-order valence-corrected chi connectivity index (χ3v) is 5.12. The zero-order valence-corrected chi connectivity index (χ0v) is 19.9. The molecule has 0 aliphatic rings. The highest BCUT2D eigenvalue weighted by Crippen LogP contribution is 2.28. The van der Waals surface area contributed by atoms with Crippen LogP contribution in [0.25, 0.3) is 17.1 Å². The fourth-order valence-electron chi connectivity index (χ4n) is 3.25. The number of hydrogen-bond donors (Lipinski definition) is 2. The summed E-state index contributed by atoms with van der Waals surface area (Å²) in [4.78, 5) is 18.3. The molecule has 8 nitrogen and oxygen atoms in total. The van der Waals surface area contributed by atoms with Crippen molar-refractivity contribution in [1.82, 2.24) is 25.0 Å². The van der Waals surface area contributed by atoms with Crippen LogP contribution in [0.2, 0.25) is 0 Å². The summed E-state index contributed by atoms with van der Waals surface area (Å²) in [6, 6.07) is 16.6. The fraction of sp³-hybridized carbons (Fsp3) is 0.240. The van der Waals surface area contributed by atoms with Crippen LogP contribution in [-0.2, 0) is 11.3 Å². The Morgan fingerprint density at radius 2 is 1.78 bits per heavy atom. The Balaban J connectivity index is 0.000000454. The summed E-state index contributed by atoms with van der Waals surface area (Å²) in [5, 5.41) is 18.4. The van der Waals surface area contributed by atoms with Gasteiger partial charge in [-0.2, -0.15) is 13.2 Å². The van der Waals surface area contributed by atoms with E-state index in [0.29, 0.717) is 12.5 Å². The van der Waals surface area contributed by atoms with Gasteiger partial charge in [-0.15, -0.1) is 5.10 Å². The van der Waals surface area contributed by atoms with Crippen molar-refractivity contribution in [2.45, 2.75) is 39.4 Å². The Kier molecular flexibility index (Phi) is 8.36. The van der Waals surface area contributed by atoms with Gasteiger partial charge in [0.1, 0.15) is 5.82 Å². The van der Waals surface area contributed by atoms with Crippen molar-refractivity contribution in [1.29, 1.82) is 0 Å². The van der Waals surface area contributed by atoms with Crippen LogP contribution in [0.3, 0.4) is 0 Å². The van der Waals surface area contributed by atoms with Crippen LogP contribution in [0.4, 0.5) is 19.0 Å². The van der Waals surface area contributed by atoms with Gasteiger partial charge in [0.25, 0.3) is 0 Å². The Hall–Kier alpha value is -4.28.